The predicted molar refractivity (Wildman–Crippen MR) is 63.5 cm³/mol. The monoisotopic (exact) mass is 230 g/mol. The van der Waals surface area contributed by atoms with E-state index in [1.54, 1.807) is 13.2 Å². The fourth-order valence-electron chi connectivity index (χ4n) is 1.23. The minimum absolute atomic E-state index is 0.133. The van der Waals surface area contributed by atoms with Crippen molar-refractivity contribution in [3.05, 3.63) is 11.8 Å². The van der Waals surface area contributed by atoms with Crippen molar-refractivity contribution in [3.8, 4) is 0 Å². The van der Waals surface area contributed by atoms with Gasteiger partial charge in [-0.1, -0.05) is 0 Å². The Morgan fingerprint density at radius 3 is 2.40 bits per heavy atom. The van der Waals surface area contributed by atoms with E-state index < -0.39 is 4.87 Å². The Hall–Kier alpha value is -0.700. The molecular weight excluding hydrogens is 212 g/mol. The van der Waals surface area contributed by atoms with E-state index in [1.165, 1.54) is 0 Å². The number of ether oxygens (including phenoxy) is 1. The van der Waals surface area contributed by atoms with Gasteiger partial charge in [-0.05, 0) is 33.6 Å². The third kappa shape index (κ3) is 3.42. The van der Waals surface area contributed by atoms with Crippen molar-refractivity contribution in [2.45, 2.75) is 44.1 Å². The van der Waals surface area contributed by atoms with Crippen LogP contribution in [0.1, 0.15) is 33.6 Å². The lowest BCUT2D eigenvalue weighted by Gasteiger charge is -2.23. The van der Waals surface area contributed by atoms with Crippen LogP contribution in [0.15, 0.2) is 11.8 Å². The molecule has 0 radical (unpaired) electrons. The summed E-state index contributed by atoms with van der Waals surface area (Å²) < 4.78 is 5.58. The van der Waals surface area contributed by atoms with E-state index in [2.05, 4.69) is 5.32 Å². The predicted octanol–water partition coefficient (Wildman–Crippen LogP) is 2.65. The van der Waals surface area contributed by atoms with Crippen molar-refractivity contribution in [2.24, 2.45) is 0 Å². The largest absolute Gasteiger partial charge is 0.471 e. The number of rotatable bonds is 4. The molecule has 4 heteroatoms. The van der Waals surface area contributed by atoms with Crippen LogP contribution in [0.2, 0.25) is 0 Å². The number of halogens is 1. The Labute approximate surface area is 96.3 Å². The maximum absolute atomic E-state index is 7.89. The lowest BCUT2D eigenvalue weighted by atomic mass is 10.0. The molecule has 0 aromatic heterocycles. The van der Waals surface area contributed by atoms with Gasteiger partial charge < -0.3 is 10.1 Å². The summed E-state index contributed by atoms with van der Waals surface area (Å²) in [4.78, 5) is -0.592. The molecule has 0 unspecified atom stereocenters. The summed E-state index contributed by atoms with van der Waals surface area (Å²) in [7, 11) is 1.79. The molecule has 0 atom stereocenters. The Bertz CT molecular complexity index is 287. The summed E-state index contributed by atoms with van der Waals surface area (Å²) in [6, 6.07) is 0. The van der Waals surface area contributed by atoms with Crippen LogP contribution in [-0.2, 0) is 4.74 Å². The molecule has 1 aliphatic rings. The molecule has 0 bridgehead atoms. The van der Waals surface area contributed by atoms with Gasteiger partial charge in [-0.15, -0.1) is 11.6 Å². The Balaban J connectivity index is 2.72. The number of nitrogens with one attached hydrogen (secondary N) is 2. The summed E-state index contributed by atoms with van der Waals surface area (Å²) in [5.74, 6) is 0.171. The zero-order valence-corrected chi connectivity index (χ0v) is 10.5. The van der Waals surface area contributed by atoms with Crippen LogP contribution in [0.4, 0.5) is 0 Å². The van der Waals surface area contributed by atoms with Gasteiger partial charge in [0.05, 0.1) is 4.87 Å². The van der Waals surface area contributed by atoms with E-state index in [0.29, 0.717) is 5.57 Å². The van der Waals surface area contributed by atoms with Crippen molar-refractivity contribution < 1.29 is 4.74 Å². The number of hydrogen-bond donors (Lipinski definition) is 2. The molecule has 0 amide bonds. The molecule has 0 aromatic rings. The van der Waals surface area contributed by atoms with Gasteiger partial charge in [0.1, 0.15) is 5.60 Å². The van der Waals surface area contributed by atoms with Gasteiger partial charge in [-0.25, -0.2) is 0 Å². The smallest absolute Gasteiger partial charge is 0.212 e. The van der Waals surface area contributed by atoms with E-state index in [0.717, 1.165) is 12.8 Å². The van der Waals surface area contributed by atoms with Crippen molar-refractivity contribution in [2.75, 3.05) is 7.05 Å². The Morgan fingerprint density at radius 1 is 1.53 bits per heavy atom. The second kappa shape index (κ2) is 4.05. The minimum atomic E-state index is -0.592. The molecule has 2 N–H and O–H groups in total. The minimum Gasteiger partial charge on any atom is -0.471 e. The zero-order chi connectivity index (χ0) is 11.7. The third-order valence-corrected chi connectivity index (χ3v) is 2.68. The second-order valence-electron chi connectivity index (χ2n) is 4.70. The topological polar surface area (TPSA) is 45.1 Å². The van der Waals surface area contributed by atoms with Crippen molar-refractivity contribution in [1.29, 1.82) is 5.41 Å². The first-order valence-electron chi connectivity index (χ1n) is 5.13. The van der Waals surface area contributed by atoms with Crippen molar-refractivity contribution >= 4 is 17.5 Å². The lowest BCUT2D eigenvalue weighted by molar-refractivity contribution is 0.183. The van der Waals surface area contributed by atoms with Crippen LogP contribution in [0.3, 0.4) is 0 Å². The highest BCUT2D eigenvalue weighted by atomic mass is 35.5. The number of hydrogen-bond acceptors (Lipinski definition) is 3. The van der Waals surface area contributed by atoms with E-state index in [1.807, 2.05) is 20.8 Å². The van der Waals surface area contributed by atoms with Gasteiger partial charge in [0, 0.05) is 18.8 Å². The van der Waals surface area contributed by atoms with Crippen LogP contribution >= 0.6 is 11.6 Å². The van der Waals surface area contributed by atoms with Crippen LogP contribution in [-0.4, -0.2) is 23.4 Å². The molecule has 15 heavy (non-hydrogen) atoms. The van der Waals surface area contributed by atoms with Gasteiger partial charge in [0.25, 0.3) is 0 Å². The van der Waals surface area contributed by atoms with Crippen molar-refractivity contribution in [1.82, 2.24) is 5.32 Å². The van der Waals surface area contributed by atoms with E-state index in [-0.39, 0.29) is 11.5 Å². The Kier molecular flexibility index (Phi) is 3.34. The first-order valence-corrected chi connectivity index (χ1v) is 5.51. The van der Waals surface area contributed by atoms with Crippen LogP contribution < -0.4 is 5.32 Å². The molecule has 1 saturated carbocycles. The maximum Gasteiger partial charge on any atom is 0.212 e. The summed E-state index contributed by atoms with van der Waals surface area (Å²) in [5, 5.41) is 10.8. The molecule has 3 nitrogen and oxygen atoms in total. The lowest BCUT2D eigenvalue weighted by Crippen LogP contribution is -2.27. The van der Waals surface area contributed by atoms with Gasteiger partial charge in [0.15, 0.2) is 0 Å². The molecule has 1 fully saturated rings. The molecule has 1 aliphatic carbocycles. The molecule has 0 aliphatic heterocycles. The first kappa shape index (κ1) is 12.4. The zero-order valence-electron chi connectivity index (χ0n) is 9.78. The highest BCUT2D eigenvalue weighted by Gasteiger charge is 2.42. The fourth-order valence-corrected chi connectivity index (χ4v) is 1.37. The van der Waals surface area contributed by atoms with E-state index in [9.17, 15) is 0 Å². The molecular formula is C11H19ClN2O. The summed E-state index contributed by atoms with van der Waals surface area (Å²) in [5.41, 5.74) is 0.547. The highest BCUT2D eigenvalue weighted by molar-refractivity contribution is 6.28. The van der Waals surface area contributed by atoms with E-state index >= 15 is 0 Å². The van der Waals surface area contributed by atoms with Gasteiger partial charge in [-0.2, -0.15) is 0 Å². The van der Waals surface area contributed by atoms with Crippen molar-refractivity contribution in [3.63, 3.8) is 0 Å². The van der Waals surface area contributed by atoms with Crippen LogP contribution in [0.5, 0.6) is 0 Å². The quantitative estimate of drug-likeness (QED) is 0.443. The molecule has 0 heterocycles. The van der Waals surface area contributed by atoms with Gasteiger partial charge >= 0.3 is 0 Å². The Morgan fingerprint density at radius 2 is 2.07 bits per heavy atom. The number of alkyl halides is 1. The average molecular weight is 231 g/mol. The van der Waals surface area contributed by atoms with E-state index in [4.69, 9.17) is 21.7 Å². The summed E-state index contributed by atoms with van der Waals surface area (Å²) >= 11 is 6.19. The molecule has 0 spiro atoms. The van der Waals surface area contributed by atoms with Crippen LogP contribution in [0, 0.1) is 5.41 Å². The highest BCUT2D eigenvalue weighted by Crippen LogP contribution is 2.40. The van der Waals surface area contributed by atoms with Crippen LogP contribution in [0.25, 0.3) is 0 Å². The molecule has 1 rings (SSSR count). The second-order valence-corrected chi connectivity index (χ2v) is 5.65. The third-order valence-electron chi connectivity index (χ3n) is 2.48. The molecule has 0 aromatic carbocycles. The van der Waals surface area contributed by atoms with Gasteiger partial charge in [-0.3, -0.25) is 5.41 Å². The SMILES string of the molecule is CN/C=C(/C(=N)OC1(C)CC1)C(C)(C)Cl. The average Bonchev–Trinajstić information content (AvgIpc) is 2.76. The normalized spacial score (nSPS) is 19.7. The van der Waals surface area contributed by atoms with Gasteiger partial charge in [0.2, 0.25) is 5.90 Å². The maximum atomic E-state index is 7.89. The molecule has 86 valence electrons. The molecule has 0 saturated heterocycles. The summed E-state index contributed by atoms with van der Waals surface area (Å²) in [6.45, 7) is 5.72. The summed E-state index contributed by atoms with van der Waals surface area (Å²) in [6.07, 6.45) is 3.76. The fraction of sp³-hybridized carbons (Fsp3) is 0.727. The standard InChI is InChI=1S/C11H19ClN2O/c1-10(2,12)8(7-14-4)9(13)15-11(3)5-6-11/h7,13-14H,5-6H2,1-4H3/b8-7-,13-9?. The first-order chi connectivity index (χ1) is 6.78.